The molecule has 0 radical (unpaired) electrons. The van der Waals surface area contributed by atoms with Gasteiger partial charge >= 0.3 is 0 Å². The molecule has 1 aliphatic heterocycles. The molecule has 3 aromatic heterocycles. The molecule has 2 aromatic carbocycles. The lowest BCUT2D eigenvalue weighted by molar-refractivity contribution is -0.203. The number of amides is 1. The van der Waals surface area contributed by atoms with Gasteiger partial charge in [-0.3, -0.25) is 4.79 Å². The van der Waals surface area contributed by atoms with Crippen molar-refractivity contribution < 1.29 is 22.4 Å². The molecule has 1 N–H and O–H groups in total. The SMILES string of the molecule is Cc1cccc(C)c1-c1cc2nc(n1)NS(=O)(=O)c1cccc(c1)C(=O)N(Cc1cnc3oc(C(C)(C)C)cc3n1)[C@H](CC13CC(C)(C1)C3)CO2. The molecule has 4 aliphatic rings. The van der Waals surface area contributed by atoms with Crippen molar-refractivity contribution in [1.29, 1.82) is 0 Å². The summed E-state index contributed by atoms with van der Waals surface area (Å²) in [6.07, 6.45) is 5.66. The number of anilines is 1. The monoisotopic (exact) mass is 706 g/mol. The van der Waals surface area contributed by atoms with Gasteiger partial charge in [0.25, 0.3) is 15.9 Å². The molecule has 0 spiro atoms. The Hall–Kier alpha value is -4.84. The van der Waals surface area contributed by atoms with Crippen molar-refractivity contribution in [1.82, 2.24) is 24.8 Å². The molecular weight excluding hydrogens is 665 g/mol. The number of carbonyl (C=O) groups excluding carboxylic acids is 1. The van der Waals surface area contributed by atoms with Gasteiger partial charge in [-0.05, 0) is 79.7 Å². The number of nitrogens with one attached hydrogen (secondary N) is 1. The molecule has 5 aromatic rings. The highest BCUT2D eigenvalue weighted by Gasteiger charge is 2.65. The van der Waals surface area contributed by atoms with Gasteiger partial charge in [0.05, 0.1) is 35.1 Å². The number of nitrogens with zero attached hydrogens (tertiary/aromatic N) is 5. The summed E-state index contributed by atoms with van der Waals surface area (Å²) in [6, 6.07) is 15.3. The Bertz CT molecular complexity index is 2290. The van der Waals surface area contributed by atoms with Gasteiger partial charge in [-0.2, -0.15) is 4.98 Å². The van der Waals surface area contributed by atoms with Crippen LogP contribution in [0.4, 0.5) is 5.95 Å². The minimum Gasteiger partial charge on any atom is -0.475 e. The number of benzene rings is 2. The Balaban J connectivity index is 1.24. The maximum atomic E-state index is 14.7. The fourth-order valence-electron chi connectivity index (χ4n) is 8.60. The summed E-state index contributed by atoms with van der Waals surface area (Å²) in [4.78, 5) is 35.0. The summed E-state index contributed by atoms with van der Waals surface area (Å²) in [6.45, 7) is 12.8. The summed E-state index contributed by atoms with van der Waals surface area (Å²) in [7, 11) is -4.18. The fourth-order valence-corrected chi connectivity index (χ4v) is 9.59. The summed E-state index contributed by atoms with van der Waals surface area (Å²) in [5.74, 6) is 0.548. The molecule has 264 valence electrons. The third-order valence-corrected chi connectivity index (χ3v) is 11.9. The number of ether oxygens (including phenoxy) is 1. The smallest absolute Gasteiger partial charge is 0.264 e. The topological polar surface area (TPSA) is 140 Å². The Morgan fingerprint density at radius 2 is 1.71 bits per heavy atom. The van der Waals surface area contributed by atoms with E-state index in [4.69, 9.17) is 14.1 Å². The van der Waals surface area contributed by atoms with E-state index in [1.54, 1.807) is 29.3 Å². The van der Waals surface area contributed by atoms with E-state index in [0.717, 1.165) is 48.1 Å². The van der Waals surface area contributed by atoms with Crippen LogP contribution in [0.5, 0.6) is 5.88 Å². The van der Waals surface area contributed by atoms with Gasteiger partial charge < -0.3 is 14.1 Å². The first-order valence-electron chi connectivity index (χ1n) is 17.4. The Morgan fingerprint density at radius 3 is 2.41 bits per heavy atom. The van der Waals surface area contributed by atoms with Crippen LogP contribution in [-0.4, -0.2) is 51.8 Å². The van der Waals surface area contributed by atoms with Gasteiger partial charge in [0.2, 0.25) is 17.5 Å². The summed E-state index contributed by atoms with van der Waals surface area (Å²) < 4.78 is 42.6. The zero-order chi connectivity index (χ0) is 35.9. The highest BCUT2D eigenvalue weighted by molar-refractivity contribution is 7.92. The Kier molecular flexibility index (Phi) is 7.57. The van der Waals surface area contributed by atoms with Crippen molar-refractivity contribution in [2.75, 3.05) is 11.3 Å². The number of rotatable bonds is 5. The van der Waals surface area contributed by atoms with Crippen LogP contribution in [0.2, 0.25) is 0 Å². The number of aryl methyl sites for hydroxylation is 2. The molecule has 4 heterocycles. The average molecular weight is 707 g/mol. The molecule has 0 saturated heterocycles. The van der Waals surface area contributed by atoms with Gasteiger partial charge in [0, 0.05) is 28.7 Å². The molecule has 51 heavy (non-hydrogen) atoms. The van der Waals surface area contributed by atoms with Crippen molar-refractivity contribution >= 4 is 33.1 Å². The molecule has 3 aliphatic carbocycles. The summed E-state index contributed by atoms with van der Waals surface area (Å²) in [5, 5.41) is 0. The number of aromatic nitrogens is 4. The van der Waals surface area contributed by atoms with E-state index >= 15 is 0 Å². The van der Waals surface area contributed by atoms with E-state index in [1.807, 2.05) is 38.1 Å². The number of hydrogen-bond donors (Lipinski definition) is 1. The van der Waals surface area contributed by atoms with E-state index in [2.05, 4.69) is 47.4 Å². The minimum atomic E-state index is -4.18. The van der Waals surface area contributed by atoms with Crippen LogP contribution in [-0.2, 0) is 22.0 Å². The Labute approximate surface area is 297 Å². The van der Waals surface area contributed by atoms with Gasteiger partial charge in [0.15, 0.2) is 0 Å². The zero-order valence-electron chi connectivity index (χ0n) is 29.8. The molecule has 9 rings (SSSR count). The lowest BCUT2D eigenvalue weighted by atomic mass is 9.35. The second-order valence-electron chi connectivity index (χ2n) is 16.2. The number of sulfonamides is 1. The molecule has 1 amide bonds. The highest BCUT2D eigenvalue weighted by atomic mass is 32.2. The maximum Gasteiger partial charge on any atom is 0.264 e. The van der Waals surface area contributed by atoms with Crippen LogP contribution in [0, 0.1) is 24.7 Å². The molecule has 3 fully saturated rings. The molecule has 1 atom stereocenters. The molecular formula is C39H42N6O5S. The molecule has 11 nitrogen and oxygen atoms in total. The number of carbonyl (C=O) groups is 1. The highest BCUT2D eigenvalue weighted by Crippen LogP contribution is 2.75. The average Bonchev–Trinajstić information content (AvgIpc) is 3.48. The number of fused-ring (bicyclic) bond motifs is 5. The first-order chi connectivity index (χ1) is 24.1. The first-order valence-corrected chi connectivity index (χ1v) is 18.9. The zero-order valence-corrected chi connectivity index (χ0v) is 30.6. The van der Waals surface area contributed by atoms with E-state index in [9.17, 15) is 13.2 Å². The lowest BCUT2D eigenvalue weighted by Crippen LogP contribution is -2.62. The van der Waals surface area contributed by atoms with Crippen molar-refractivity contribution in [3.05, 3.63) is 88.9 Å². The van der Waals surface area contributed by atoms with Gasteiger partial charge in [-0.1, -0.05) is 52.0 Å². The minimum absolute atomic E-state index is 0.0747. The second-order valence-corrected chi connectivity index (χ2v) is 17.9. The van der Waals surface area contributed by atoms with E-state index < -0.39 is 10.0 Å². The lowest BCUT2D eigenvalue weighted by Gasteiger charge is -2.71. The van der Waals surface area contributed by atoms with Crippen molar-refractivity contribution in [2.45, 2.75) is 90.1 Å². The van der Waals surface area contributed by atoms with E-state index in [-0.39, 0.29) is 58.2 Å². The van der Waals surface area contributed by atoms with E-state index in [0.29, 0.717) is 28.0 Å². The van der Waals surface area contributed by atoms with Crippen LogP contribution in [0.15, 0.2) is 70.1 Å². The Morgan fingerprint density at radius 1 is 0.980 bits per heavy atom. The summed E-state index contributed by atoms with van der Waals surface area (Å²) >= 11 is 0. The van der Waals surface area contributed by atoms with Crippen LogP contribution in [0.3, 0.4) is 0 Å². The molecule has 0 unspecified atom stereocenters. The third kappa shape index (κ3) is 6.13. The number of furan rings is 1. The fraction of sp³-hybridized carbons (Fsp3) is 0.410. The molecule has 6 bridgehead atoms. The number of hydrogen-bond acceptors (Lipinski definition) is 9. The largest absolute Gasteiger partial charge is 0.475 e. The van der Waals surface area contributed by atoms with Gasteiger partial charge in [-0.15, -0.1) is 0 Å². The van der Waals surface area contributed by atoms with Crippen molar-refractivity contribution in [3.8, 4) is 17.1 Å². The van der Waals surface area contributed by atoms with Crippen molar-refractivity contribution in [3.63, 3.8) is 0 Å². The second kappa shape index (κ2) is 11.6. The molecule has 12 heteroatoms. The first kappa shape index (κ1) is 33.3. The standard InChI is InChI=1S/C39H42N6O5S/c1-23-9-7-10-24(2)33(23)29-15-32-43-36(42-29)44-51(47,48)28-12-8-11-25(13-28)35(46)45(27(19-49-32)16-39-20-38(6,21-39)22-39)18-26-17-40-34-30(41-26)14-31(50-34)37(3,4)5/h7-15,17,27H,16,18-22H2,1-6H3,(H,42,43,44)/t27-,38?,39?/m1/s1. The van der Waals surface area contributed by atoms with E-state index in [1.165, 1.54) is 12.1 Å². The predicted octanol–water partition coefficient (Wildman–Crippen LogP) is 7.38. The van der Waals surface area contributed by atoms with Crippen LogP contribution in [0.1, 0.15) is 86.3 Å². The van der Waals surface area contributed by atoms with Crippen LogP contribution < -0.4 is 9.46 Å². The molecule has 3 saturated carbocycles. The summed E-state index contributed by atoms with van der Waals surface area (Å²) in [5.41, 5.74) is 5.49. The maximum absolute atomic E-state index is 14.7. The van der Waals surface area contributed by atoms with Crippen LogP contribution in [0.25, 0.3) is 22.5 Å². The quantitative estimate of drug-likeness (QED) is 0.198. The van der Waals surface area contributed by atoms with Crippen LogP contribution >= 0.6 is 0 Å². The third-order valence-electron chi connectivity index (χ3n) is 10.6. The predicted molar refractivity (Wildman–Crippen MR) is 193 cm³/mol. The van der Waals surface area contributed by atoms with Crippen molar-refractivity contribution in [2.24, 2.45) is 10.8 Å². The normalized spacial score (nSPS) is 23.9. The van der Waals surface area contributed by atoms with Gasteiger partial charge in [-0.25, -0.2) is 28.1 Å². The van der Waals surface area contributed by atoms with Gasteiger partial charge in [0.1, 0.15) is 17.9 Å².